The monoisotopic (exact) mass is 1250 g/mol. The molecule has 0 bridgehead atoms. The molecule has 11 aromatic rings. The minimum atomic E-state index is -2.33. The van der Waals surface area contributed by atoms with Gasteiger partial charge >= 0.3 is 11.6 Å². The van der Waals surface area contributed by atoms with Crippen LogP contribution in [0, 0.1) is 68.1 Å². The molecule has 17 nitrogen and oxygen atoms in total. The fourth-order valence-electron chi connectivity index (χ4n) is 6.21. The second kappa shape index (κ2) is 36.7. The fraction of sp³-hybridized carbons (Fsp3) is 0.158. The topological polar surface area (TPSA) is 253 Å². The molecule has 0 aliphatic heterocycles. The summed E-state index contributed by atoms with van der Waals surface area (Å²) in [5, 5.41) is 7.58. The van der Waals surface area contributed by atoms with Gasteiger partial charge in [0.1, 0.15) is 5.82 Å². The molecule has 10 heterocycles. The number of benzene rings is 1. The zero-order valence-electron chi connectivity index (χ0n) is 45.7. The fourth-order valence-corrected chi connectivity index (χ4v) is 7.38. The molecule has 11 rings (SSSR count). The molecule has 25 heteroatoms. The number of H-pyrrole nitrogens is 3. The number of aromatic nitrogens is 10. The summed E-state index contributed by atoms with van der Waals surface area (Å²) in [5.74, 6) is -0.359. The number of halogens is 6. The van der Waals surface area contributed by atoms with Crippen molar-refractivity contribution in [1.82, 2.24) is 49.8 Å². The van der Waals surface area contributed by atoms with Gasteiger partial charge < -0.3 is 29.5 Å². The van der Waals surface area contributed by atoms with E-state index in [0.29, 0.717) is 54.3 Å². The molecule has 1 unspecified atom stereocenters. The van der Waals surface area contributed by atoms with Gasteiger partial charge in [-0.3, -0.25) is 43.9 Å². The van der Waals surface area contributed by atoms with Crippen LogP contribution >= 0.6 is 58.0 Å². The van der Waals surface area contributed by atoms with E-state index in [1.807, 2.05) is 108 Å². The van der Waals surface area contributed by atoms with Crippen LogP contribution in [0.25, 0.3) is 32.8 Å². The molecular weight excluding hydrogens is 1190 g/mol. The van der Waals surface area contributed by atoms with E-state index in [9.17, 15) is 17.9 Å². The number of hydrogen-bond acceptors (Lipinski definition) is 12. The first kappa shape index (κ1) is 68.7. The van der Waals surface area contributed by atoms with E-state index in [2.05, 4.69) is 91.1 Å². The summed E-state index contributed by atoms with van der Waals surface area (Å²) in [6.07, 6.45) is 16.0. The predicted molar refractivity (Wildman–Crippen MR) is 330 cm³/mol. The van der Waals surface area contributed by atoms with E-state index >= 15 is 0 Å². The van der Waals surface area contributed by atoms with E-state index in [4.69, 9.17) is 66.4 Å². The normalized spacial score (nSPS) is 10.1. The van der Waals surface area contributed by atoms with Crippen LogP contribution in [0.15, 0.2) is 147 Å². The van der Waals surface area contributed by atoms with Gasteiger partial charge in [-0.2, -0.15) is 8.42 Å². The first-order valence-corrected chi connectivity index (χ1v) is 27.7. The van der Waals surface area contributed by atoms with E-state index in [1.165, 1.54) is 52.6 Å². The van der Waals surface area contributed by atoms with E-state index in [-0.39, 0.29) is 5.82 Å². The number of anilines is 2. The van der Waals surface area contributed by atoms with Gasteiger partial charge in [0, 0.05) is 106 Å². The van der Waals surface area contributed by atoms with Crippen molar-refractivity contribution in [2.75, 3.05) is 10.0 Å². The maximum Gasteiger partial charge on any atom is 0.335 e. The van der Waals surface area contributed by atoms with Crippen molar-refractivity contribution in [2.45, 2.75) is 62.3 Å². The Hall–Kier alpha value is -7.53. The van der Waals surface area contributed by atoms with Crippen molar-refractivity contribution in [3.8, 4) is 0 Å². The molecule has 1 aromatic carbocycles. The summed E-state index contributed by atoms with van der Waals surface area (Å²) in [7, 11) is 0. The molecule has 0 fully saturated rings. The quantitative estimate of drug-likeness (QED) is 0.0815. The van der Waals surface area contributed by atoms with Gasteiger partial charge in [-0.1, -0.05) is 70.1 Å². The molecule has 0 saturated carbocycles. The predicted octanol–water partition coefficient (Wildman–Crippen LogP) is 15.0. The van der Waals surface area contributed by atoms with Gasteiger partial charge in [-0.05, 0) is 158 Å². The van der Waals surface area contributed by atoms with Gasteiger partial charge in [0.05, 0.1) is 64.6 Å². The zero-order chi connectivity index (χ0) is 60.7. The third-order valence-electron chi connectivity index (χ3n) is 10.5. The van der Waals surface area contributed by atoms with Gasteiger partial charge in [0.2, 0.25) is 6.41 Å². The second-order valence-electron chi connectivity index (χ2n) is 17.0. The number of rotatable bonds is 4. The molecule has 0 radical (unpaired) electrons. The van der Waals surface area contributed by atoms with Crippen molar-refractivity contribution < 1.29 is 26.4 Å². The average Bonchev–Trinajstić information content (AvgIpc) is 4.23. The first-order chi connectivity index (χ1) is 39.0. The summed E-state index contributed by atoms with van der Waals surface area (Å²) in [4.78, 5) is 47.4. The highest BCUT2D eigenvalue weighted by molar-refractivity contribution is 7.80. The Labute approximate surface area is 505 Å². The Morgan fingerprint density at radius 1 is 0.512 bits per heavy atom. The Morgan fingerprint density at radius 3 is 1.56 bits per heavy atom. The number of carbonyl (C=O) groups is 1. The van der Waals surface area contributed by atoms with Crippen LogP contribution < -0.4 is 10.0 Å². The molecule has 430 valence electrons. The summed E-state index contributed by atoms with van der Waals surface area (Å²) in [6.45, 7) is 17.0. The third kappa shape index (κ3) is 26.4. The third-order valence-corrected chi connectivity index (χ3v) is 12.0. The lowest BCUT2D eigenvalue weighted by molar-refractivity contribution is -0.105. The number of aromatic amines is 3. The molecule has 10 aromatic heterocycles. The lowest BCUT2D eigenvalue weighted by Crippen LogP contribution is -2.04. The van der Waals surface area contributed by atoms with Crippen LogP contribution in [0.4, 0.5) is 15.8 Å². The minimum absolute atomic E-state index is 0.332. The molecule has 0 saturated heterocycles. The van der Waals surface area contributed by atoms with E-state index < -0.39 is 22.8 Å². The van der Waals surface area contributed by atoms with Crippen LogP contribution in [0.3, 0.4) is 0 Å². The molecule has 0 spiro atoms. The van der Waals surface area contributed by atoms with E-state index in [0.717, 1.165) is 50.6 Å². The molecule has 0 aliphatic rings. The summed E-state index contributed by atoms with van der Waals surface area (Å²) < 4.78 is 51.7. The number of nitrogens with one attached hydrogen (secondary N) is 5. The van der Waals surface area contributed by atoms with Crippen molar-refractivity contribution in [1.29, 1.82) is 0 Å². The number of pyridine rings is 7. The van der Waals surface area contributed by atoms with Gasteiger partial charge in [0.25, 0.3) is 0 Å². The lowest BCUT2D eigenvalue weighted by Gasteiger charge is -2.10. The number of fused-ring (bicyclic) bond motifs is 3. The van der Waals surface area contributed by atoms with Crippen LogP contribution in [0.2, 0.25) is 25.1 Å². The molecule has 5 N–H and O–H groups in total. The van der Waals surface area contributed by atoms with Gasteiger partial charge in [-0.15, -0.1) is 0 Å². The molecule has 0 aliphatic carbocycles. The minimum Gasteiger partial charge on any atom is -0.755 e. The molecule has 1 amide bonds. The van der Waals surface area contributed by atoms with Crippen molar-refractivity contribution in [2.24, 2.45) is 0 Å². The summed E-state index contributed by atoms with van der Waals surface area (Å²) in [6, 6.07) is 28.5. The number of aryl methyl sites for hydroxylation is 9. The van der Waals surface area contributed by atoms with Gasteiger partial charge in [-0.25, -0.2) is 4.39 Å². The lowest BCUT2D eigenvalue weighted by atomic mass is 10.2. The van der Waals surface area contributed by atoms with Crippen molar-refractivity contribution in [3.05, 3.63) is 229 Å². The van der Waals surface area contributed by atoms with Crippen molar-refractivity contribution in [3.63, 3.8) is 0 Å². The number of carbonyl (C=O) groups excluding carboxylic acids is 1. The maximum absolute atomic E-state index is 12.4. The van der Waals surface area contributed by atoms with Crippen LogP contribution in [0.1, 0.15) is 51.0 Å². The summed E-state index contributed by atoms with van der Waals surface area (Å²) >= 11 is 24.8. The van der Waals surface area contributed by atoms with Crippen LogP contribution in [0.5, 0.6) is 0 Å². The maximum atomic E-state index is 12.4. The van der Waals surface area contributed by atoms with Crippen LogP contribution in [-0.2, 0) is 27.6 Å². The number of hydrogen-bond donors (Lipinski definition) is 5. The van der Waals surface area contributed by atoms with Crippen LogP contribution in [-0.4, -0.2) is 73.4 Å². The molecule has 1 atom stereocenters. The molecule has 82 heavy (non-hydrogen) atoms. The highest BCUT2D eigenvalue weighted by atomic mass is 35.5. The standard InChI is InChI=1S/C9H9N.2C8H8N2.C7H7ClN2O.C7H8ClN.C6H5ClFN.C6H7ClN2O2S.C6H6ClN.O2S/c1-7-2-3-8-4-5-10-9(8)6-7;1-6-4-8-7(5-10-6)2-3-9-8;1-6-2-3-7-8(10-6)4-5-9-7;1-5-7(10-4-11)2-6(8)3-9-5;1-5-3-7(8)4-9-6(5)2;1-4-6(8)2-5(7)3-9-4;1-4-6(9-12(10)11)2-5(7)3-8-4;1-5-2-3-6(7)4-8-5;1-3-2/h2-6,10H,1H3;2*2-5,9H,1H3;2-4H,1H3,(H,10,11);3-4H,1-2H3;2-3H,1H3;2-3,9H,1H3,(H,10,11);2-4H,1H3;/p-1. The highest BCUT2D eigenvalue weighted by Crippen LogP contribution is 2.19. The SMILES string of the molecule is Cc1cc(Cl)cnc1C.Cc1cc2[nH]ccc2cn1.Cc1ccc(Cl)cn1.Cc1ccc2[nH]ccc2n1.Cc1ccc2cc[nH]c2c1.Cc1ncc(Cl)cc1F.Cc1ncc(Cl)cc1NC=O.Cc1ncc(Cl)cc1NS(=O)[O-].O=S=O. The number of nitrogens with zero attached hydrogens (tertiary/aromatic N) is 7. The molecular formula is C57H57Cl5FN12O5S2-. The second-order valence-corrected chi connectivity index (χ2v) is 19.9. The Morgan fingerprint density at radius 2 is 1.01 bits per heavy atom. The summed E-state index contributed by atoms with van der Waals surface area (Å²) in [5.41, 5.74) is 13.9. The Bertz CT molecular complexity index is 3570. The first-order valence-electron chi connectivity index (χ1n) is 24.0. The Balaban J connectivity index is 0.000000245. The Kier molecular flexibility index (Phi) is 30.8. The zero-order valence-corrected chi connectivity index (χ0v) is 51.1. The highest BCUT2D eigenvalue weighted by Gasteiger charge is 2.01. The van der Waals surface area contributed by atoms with Gasteiger partial charge in [0.15, 0.2) is 0 Å². The largest absolute Gasteiger partial charge is 0.755 e. The van der Waals surface area contributed by atoms with E-state index in [1.54, 1.807) is 39.2 Å². The average molecular weight is 1250 g/mol. The number of amides is 1. The smallest absolute Gasteiger partial charge is 0.335 e. The van der Waals surface area contributed by atoms with Crippen molar-refractivity contribution >= 4 is 131 Å².